The fourth-order valence-electron chi connectivity index (χ4n) is 2.19. The summed E-state index contributed by atoms with van der Waals surface area (Å²) in [5, 5.41) is 4.45. The first-order valence-corrected chi connectivity index (χ1v) is 7.08. The first-order valence-electron chi connectivity index (χ1n) is 7.08. The van der Waals surface area contributed by atoms with Crippen LogP contribution in [0.25, 0.3) is 0 Å². The Morgan fingerprint density at radius 1 is 0.958 bits per heavy atom. The molecular weight excluding hydrogens is 321 g/mol. The van der Waals surface area contributed by atoms with Crippen LogP contribution in [-0.2, 0) is 4.79 Å². The van der Waals surface area contributed by atoms with Gasteiger partial charge in [-0.05, 0) is 38.1 Å². The Hall–Kier alpha value is -2.83. The van der Waals surface area contributed by atoms with Gasteiger partial charge in [-0.25, -0.2) is 13.2 Å². The number of hydrogen-bond acceptors (Lipinski definition) is 2. The lowest BCUT2D eigenvalue weighted by Crippen LogP contribution is -2.33. The first kappa shape index (κ1) is 17.5. The largest absolute Gasteiger partial charge is 0.343 e. The zero-order valence-electron chi connectivity index (χ0n) is 13.0. The van der Waals surface area contributed by atoms with Crippen molar-refractivity contribution in [1.29, 1.82) is 0 Å². The van der Waals surface area contributed by atoms with Gasteiger partial charge in [-0.1, -0.05) is 17.2 Å². The molecule has 4 nitrogen and oxygen atoms in total. The summed E-state index contributed by atoms with van der Waals surface area (Å²) in [4.78, 5) is 23.7. The minimum atomic E-state index is -1.67. The van der Waals surface area contributed by atoms with Crippen LogP contribution in [0.2, 0.25) is 0 Å². The van der Waals surface area contributed by atoms with Gasteiger partial charge in [0.05, 0.1) is 12.2 Å². The first-order chi connectivity index (χ1) is 11.3. The van der Waals surface area contributed by atoms with Crippen molar-refractivity contribution in [1.82, 2.24) is 5.32 Å². The molecule has 0 aromatic heterocycles. The van der Waals surface area contributed by atoms with Crippen LogP contribution >= 0.6 is 0 Å². The standard InChI is InChI=1S/C17H15F3N2O2/c1-9-5-10(2)7-11(6-9)17(24)21-8-14(23)22-13-4-3-12(18)15(19)16(13)20/h3-7H,8H2,1-2H3,(H,21,24)(H,22,23). The predicted molar refractivity (Wildman–Crippen MR) is 83.2 cm³/mol. The quantitative estimate of drug-likeness (QED) is 0.843. The average Bonchev–Trinajstić information content (AvgIpc) is 2.52. The fourth-order valence-corrected chi connectivity index (χ4v) is 2.19. The number of anilines is 1. The van der Waals surface area contributed by atoms with Gasteiger partial charge in [0.15, 0.2) is 17.5 Å². The van der Waals surface area contributed by atoms with Crippen molar-refractivity contribution in [2.45, 2.75) is 13.8 Å². The number of nitrogens with one attached hydrogen (secondary N) is 2. The van der Waals surface area contributed by atoms with Gasteiger partial charge in [0.2, 0.25) is 5.91 Å². The highest BCUT2D eigenvalue weighted by Crippen LogP contribution is 2.19. The summed E-state index contributed by atoms with van der Waals surface area (Å²) in [5.41, 5.74) is 1.68. The van der Waals surface area contributed by atoms with Crippen molar-refractivity contribution >= 4 is 17.5 Å². The SMILES string of the molecule is Cc1cc(C)cc(C(=O)NCC(=O)Nc2ccc(F)c(F)c2F)c1. The van der Waals surface area contributed by atoms with Crippen molar-refractivity contribution in [3.8, 4) is 0 Å². The van der Waals surface area contributed by atoms with Gasteiger partial charge < -0.3 is 10.6 Å². The molecule has 24 heavy (non-hydrogen) atoms. The monoisotopic (exact) mass is 336 g/mol. The lowest BCUT2D eigenvalue weighted by molar-refractivity contribution is -0.115. The normalized spacial score (nSPS) is 10.4. The van der Waals surface area contributed by atoms with Crippen molar-refractivity contribution in [2.75, 3.05) is 11.9 Å². The van der Waals surface area contributed by atoms with E-state index in [1.165, 1.54) is 0 Å². The molecule has 0 radical (unpaired) electrons. The van der Waals surface area contributed by atoms with Gasteiger partial charge in [-0.15, -0.1) is 0 Å². The van der Waals surface area contributed by atoms with Crippen LogP contribution in [-0.4, -0.2) is 18.4 Å². The highest BCUT2D eigenvalue weighted by Gasteiger charge is 2.16. The molecule has 0 spiro atoms. The molecule has 0 atom stereocenters. The summed E-state index contributed by atoms with van der Waals surface area (Å²) >= 11 is 0. The summed E-state index contributed by atoms with van der Waals surface area (Å²) in [6.45, 7) is 3.23. The Kier molecular flexibility index (Phi) is 5.23. The number of benzene rings is 2. The maximum atomic E-state index is 13.5. The molecule has 0 bridgehead atoms. The zero-order chi connectivity index (χ0) is 17.9. The number of amides is 2. The highest BCUT2D eigenvalue weighted by atomic mass is 19.2. The van der Waals surface area contributed by atoms with Gasteiger partial charge in [-0.2, -0.15) is 0 Å². The topological polar surface area (TPSA) is 58.2 Å². The summed E-state index contributed by atoms with van der Waals surface area (Å²) in [5.74, 6) is -5.76. The molecule has 7 heteroatoms. The van der Waals surface area contributed by atoms with E-state index in [9.17, 15) is 22.8 Å². The number of hydrogen-bond donors (Lipinski definition) is 2. The van der Waals surface area contributed by atoms with Crippen LogP contribution in [0.1, 0.15) is 21.5 Å². The molecule has 2 N–H and O–H groups in total. The number of rotatable bonds is 4. The molecule has 0 heterocycles. The van der Waals surface area contributed by atoms with Gasteiger partial charge in [0.1, 0.15) is 0 Å². The molecule has 2 aromatic carbocycles. The van der Waals surface area contributed by atoms with E-state index in [1.54, 1.807) is 12.1 Å². The number of carbonyl (C=O) groups is 2. The van der Waals surface area contributed by atoms with E-state index in [-0.39, 0.29) is 0 Å². The molecule has 0 saturated carbocycles. The van der Waals surface area contributed by atoms with E-state index in [0.29, 0.717) is 11.6 Å². The third-order valence-corrected chi connectivity index (χ3v) is 3.20. The summed E-state index contributed by atoms with van der Waals surface area (Å²) in [6.07, 6.45) is 0. The maximum Gasteiger partial charge on any atom is 0.251 e. The molecule has 126 valence electrons. The molecule has 0 aliphatic carbocycles. The van der Waals surface area contributed by atoms with Crippen LogP contribution in [0.15, 0.2) is 30.3 Å². The lowest BCUT2D eigenvalue weighted by Gasteiger charge is -2.09. The third-order valence-electron chi connectivity index (χ3n) is 3.20. The molecule has 0 unspecified atom stereocenters. The van der Waals surface area contributed by atoms with Gasteiger partial charge >= 0.3 is 0 Å². The van der Waals surface area contributed by atoms with Crippen LogP contribution < -0.4 is 10.6 Å². The smallest absolute Gasteiger partial charge is 0.251 e. The Labute approximate surface area is 136 Å². The number of aryl methyl sites for hydroxylation is 2. The third kappa shape index (κ3) is 4.13. The van der Waals surface area contributed by atoms with Crippen molar-refractivity contribution in [2.24, 2.45) is 0 Å². The summed E-state index contributed by atoms with van der Waals surface area (Å²) < 4.78 is 39.4. The number of halogens is 3. The van der Waals surface area contributed by atoms with Gasteiger partial charge in [-0.3, -0.25) is 9.59 Å². The van der Waals surface area contributed by atoms with Gasteiger partial charge in [0, 0.05) is 5.56 Å². The van der Waals surface area contributed by atoms with Crippen LogP contribution in [0.4, 0.5) is 18.9 Å². The fraction of sp³-hybridized carbons (Fsp3) is 0.176. The van der Waals surface area contributed by atoms with Crippen LogP contribution in [0.3, 0.4) is 0 Å². The minimum absolute atomic E-state index is 0.388. The Bertz CT molecular complexity index is 786. The van der Waals surface area contributed by atoms with Crippen LogP contribution in [0.5, 0.6) is 0 Å². The zero-order valence-corrected chi connectivity index (χ0v) is 13.0. The maximum absolute atomic E-state index is 13.5. The second-order valence-corrected chi connectivity index (χ2v) is 5.33. The average molecular weight is 336 g/mol. The van der Waals surface area contributed by atoms with E-state index in [4.69, 9.17) is 0 Å². The highest BCUT2D eigenvalue weighted by molar-refractivity contribution is 5.99. The molecule has 0 saturated heterocycles. The van der Waals surface area contributed by atoms with Crippen molar-refractivity contribution in [3.05, 3.63) is 64.5 Å². The summed E-state index contributed by atoms with van der Waals surface area (Å²) in [7, 11) is 0. The van der Waals surface area contributed by atoms with Crippen molar-refractivity contribution < 1.29 is 22.8 Å². The van der Waals surface area contributed by atoms with Crippen LogP contribution in [0, 0.1) is 31.3 Å². The molecule has 2 amide bonds. The summed E-state index contributed by atoms with van der Waals surface area (Å²) in [6, 6.07) is 6.82. The van der Waals surface area contributed by atoms with E-state index in [2.05, 4.69) is 10.6 Å². The second kappa shape index (κ2) is 7.16. The van der Waals surface area contributed by atoms with E-state index in [0.717, 1.165) is 17.2 Å². The lowest BCUT2D eigenvalue weighted by atomic mass is 10.1. The molecule has 0 aliphatic rings. The molecule has 0 fully saturated rings. The second-order valence-electron chi connectivity index (χ2n) is 5.33. The Balaban J connectivity index is 1.98. The number of carbonyl (C=O) groups excluding carboxylic acids is 2. The molecule has 0 aliphatic heterocycles. The Morgan fingerprint density at radius 2 is 1.58 bits per heavy atom. The Morgan fingerprint density at radius 3 is 2.21 bits per heavy atom. The van der Waals surface area contributed by atoms with Gasteiger partial charge in [0.25, 0.3) is 5.91 Å². The van der Waals surface area contributed by atoms with E-state index < -0.39 is 41.5 Å². The minimum Gasteiger partial charge on any atom is -0.343 e. The predicted octanol–water partition coefficient (Wildman–Crippen LogP) is 3.09. The molecular formula is C17H15F3N2O2. The van der Waals surface area contributed by atoms with E-state index >= 15 is 0 Å². The molecule has 2 rings (SSSR count). The molecule has 2 aromatic rings. The van der Waals surface area contributed by atoms with Crippen molar-refractivity contribution in [3.63, 3.8) is 0 Å². The van der Waals surface area contributed by atoms with E-state index in [1.807, 2.05) is 19.9 Å².